The molecule has 1 aliphatic carbocycles. The molecule has 1 fully saturated rings. The van der Waals surface area contributed by atoms with Crippen molar-refractivity contribution in [3.05, 3.63) is 16.6 Å². The number of carbonyl (C=O) groups is 1. The molecule has 1 aromatic heterocycles. The van der Waals surface area contributed by atoms with Gasteiger partial charge in [0.1, 0.15) is 5.69 Å². The molecule has 0 saturated heterocycles. The van der Waals surface area contributed by atoms with Crippen LogP contribution in [0.25, 0.3) is 0 Å². The van der Waals surface area contributed by atoms with Crippen LogP contribution < -0.4 is 5.32 Å². The van der Waals surface area contributed by atoms with Gasteiger partial charge in [0.25, 0.3) is 5.91 Å². The molecule has 1 heterocycles. The smallest absolute Gasteiger partial charge is 0.270 e. The lowest BCUT2D eigenvalue weighted by atomic mass is 9.98. The normalized spacial score (nSPS) is 19.8. The van der Waals surface area contributed by atoms with Gasteiger partial charge in [0.2, 0.25) is 0 Å². The van der Waals surface area contributed by atoms with Gasteiger partial charge in [-0.2, -0.15) is 0 Å². The lowest BCUT2D eigenvalue weighted by Crippen LogP contribution is -2.35. The fraction of sp³-hybridized carbons (Fsp3) is 0.750. The topological polar surface area (TPSA) is 42.0 Å². The van der Waals surface area contributed by atoms with Crippen LogP contribution in [0.15, 0.2) is 10.9 Å². The second kappa shape index (κ2) is 9.11. The van der Waals surface area contributed by atoms with Crippen molar-refractivity contribution in [3.8, 4) is 0 Å². The fourth-order valence-electron chi connectivity index (χ4n) is 2.89. The third-order valence-corrected chi connectivity index (χ3v) is 4.69. The minimum Gasteiger partial charge on any atom is -0.348 e. The molecule has 20 heavy (non-hydrogen) atoms. The molecular weight excluding hydrogens is 268 g/mol. The third kappa shape index (κ3) is 5.61. The van der Waals surface area contributed by atoms with Gasteiger partial charge in [0.05, 0.1) is 5.51 Å². The maximum atomic E-state index is 12.1. The van der Waals surface area contributed by atoms with E-state index >= 15 is 0 Å². The van der Waals surface area contributed by atoms with E-state index in [2.05, 4.69) is 10.3 Å². The van der Waals surface area contributed by atoms with Crippen LogP contribution in [0.5, 0.6) is 0 Å². The van der Waals surface area contributed by atoms with Gasteiger partial charge >= 0.3 is 0 Å². The Morgan fingerprint density at radius 2 is 1.55 bits per heavy atom. The fourth-order valence-corrected chi connectivity index (χ4v) is 3.42. The van der Waals surface area contributed by atoms with Crippen molar-refractivity contribution >= 4 is 17.2 Å². The van der Waals surface area contributed by atoms with Crippen molar-refractivity contribution in [1.29, 1.82) is 0 Å². The molecular formula is C16H26N2OS. The summed E-state index contributed by atoms with van der Waals surface area (Å²) in [5.74, 6) is 0.00310. The summed E-state index contributed by atoms with van der Waals surface area (Å²) in [7, 11) is 0. The number of hydrogen-bond acceptors (Lipinski definition) is 3. The summed E-state index contributed by atoms with van der Waals surface area (Å²) in [6, 6.07) is 0.337. The number of thiazole rings is 1. The molecule has 0 atom stereocenters. The maximum absolute atomic E-state index is 12.1. The van der Waals surface area contributed by atoms with E-state index in [4.69, 9.17) is 0 Å². The first kappa shape index (κ1) is 15.5. The summed E-state index contributed by atoms with van der Waals surface area (Å²) in [5, 5.41) is 5.00. The molecule has 0 radical (unpaired) electrons. The SMILES string of the molecule is O=C(NC1CCCCCCCCCCC1)c1cscn1. The monoisotopic (exact) mass is 294 g/mol. The van der Waals surface area contributed by atoms with Gasteiger partial charge in [0.15, 0.2) is 0 Å². The number of aromatic nitrogens is 1. The highest BCUT2D eigenvalue weighted by atomic mass is 32.1. The predicted molar refractivity (Wildman–Crippen MR) is 84.2 cm³/mol. The summed E-state index contributed by atoms with van der Waals surface area (Å²) in [6.45, 7) is 0. The quantitative estimate of drug-likeness (QED) is 0.869. The van der Waals surface area contributed by atoms with Crippen LogP contribution in [0.2, 0.25) is 0 Å². The van der Waals surface area contributed by atoms with E-state index in [1.165, 1.54) is 69.1 Å². The molecule has 2 rings (SSSR count). The lowest BCUT2D eigenvalue weighted by molar-refractivity contribution is 0.0927. The number of amides is 1. The lowest BCUT2D eigenvalue weighted by Gasteiger charge is -2.19. The second-order valence-corrected chi connectivity index (χ2v) is 6.52. The highest BCUT2D eigenvalue weighted by Gasteiger charge is 2.15. The zero-order valence-corrected chi connectivity index (χ0v) is 13.1. The Morgan fingerprint density at radius 1 is 1.00 bits per heavy atom. The van der Waals surface area contributed by atoms with E-state index in [1.54, 1.807) is 5.51 Å². The van der Waals surface area contributed by atoms with E-state index in [0.717, 1.165) is 12.8 Å². The Morgan fingerprint density at radius 3 is 2.05 bits per heavy atom. The first-order valence-electron chi connectivity index (χ1n) is 8.05. The number of carbonyl (C=O) groups excluding carboxylic acids is 1. The summed E-state index contributed by atoms with van der Waals surface area (Å²) in [5.41, 5.74) is 2.29. The van der Waals surface area contributed by atoms with Crippen LogP contribution in [-0.2, 0) is 0 Å². The van der Waals surface area contributed by atoms with E-state index < -0.39 is 0 Å². The van der Waals surface area contributed by atoms with Gasteiger partial charge in [-0.05, 0) is 12.8 Å². The average molecular weight is 294 g/mol. The van der Waals surface area contributed by atoms with Crippen molar-refractivity contribution in [2.24, 2.45) is 0 Å². The van der Waals surface area contributed by atoms with Gasteiger partial charge in [-0.1, -0.05) is 57.8 Å². The van der Waals surface area contributed by atoms with Crippen LogP contribution in [0.1, 0.15) is 81.1 Å². The number of hydrogen-bond donors (Lipinski definition) is 1. The van der Waals surface area contributed by atoms with Crippen LogP contribution >= 0.6 is 11.3 Å². The van der Waals surface area contributed by atoms with Crippen LogP contribution in [0.4, 0.5) is 0 Å². The van der Waals surface area contributed by atoms with Crippen molar-refractivity contribution in [2.75, 3.05) is 0 Å². The van der Waals surface area contributed by atoms with Crippen molar-refractivity contribution < 1.29 is 4.79 Å². The third-order valence-electron chi connectivity index (χ3n) is 4.11. The van der Waals surface area contributed by atoms with Gasteiger partial charge in [-0.25, -0.2) is 4.98 Å². The second-order valence-electron chi connectivity index (χ2n) is 5.80. The van der Waals surface area contributed by atoms with Gasteiger partial charge < -0.3 is 5.32 Å². The van der Waals surface area contributed by atoms with Crippen molar-refractivity contribution in [2.45, 2.75) is 76.7 Å². The minimum absolute atomic E-state index is 0.00310. The number of nitrogens with zero attached hydrogens (tertiary/aromatic N) is 1. The van der Waals surface area contributed by atoms with Crippen LogP contribution in [0.3, 0.4) is 0 Å². The van der Waals surface area contributed by atoms with Gasteiger partial charge in [-0.15, -0.1) is 11.3 Å². The highest BCUT2D eigenvalue weighted by Crippen LogP contribution is 2.17. The van der Waals surface area contributed by atoms with E-state index in [9.17, 15) is 4.79 Å². The Balaban J connectivity index is 1.81. The maximum Gasteiger partial charge on any atom is 0.270 e. The van der Waals surface area contributed by atoms with Gasteiger partial charge in [0, 0.05) is 11.4 Å². The van der Waals surface area contributed by atoms with E-state index in [1.807, 2.05) is 5.38 Å². The zero-order valence-electron chi connectivity index (χ0n) is 12.3. The summed E-state index contributed by atoms with van der Waals surface area (Å²) in [6.07, 6.45) is 14.2. The number of rotatable bonds is 2. The standard InChI is InChI=1S/C16H26N2OS/c19-16(15-12-20-13-17-15)18-14-10-8-6-4-2-1-3-5-7-9-11-14/h12-14H,1-11H2,(H,18,19). The minimum atomic E-state index is 0.00310. The zero-order chi connectivity index (χ0) is 14.0. The largest absolute Gasteiger partial charge is 0.348 e. The van der Waals surface area contributed by atoms with E-state index in [0.29, 0.717) is 11.7 Å². The summed E-state index contributed by atoms with van der Waals surface area (Å²) < 4.78 is 0. The Kier molecular flexibility index (Phi) is 7.06. The Labute approximate surface area is 126 Å². The van der Waals surface area contributed by atoms with E-state index in [-0.39, 0.29) is 5.91 Å². The first-order valence-corrected chi connectivity index (χ1v) is 8.99. The molecule has 1 amide bonds. The molecule has 1 N–H and O–H groups in total. The number of nitrogens with one attached hydrogen (secondary N) is 1. The molecule has 1 saturated carbocycles. The van der Waals surface area contributed by atoms with Crippen molar-refractivity contribution in [1.82, 2.24) is 10.3 Å². The van der Waals surface area contributed by atoms with Crippen LogP contribution in [0, 0.1) is 0 Å². The molecule has 0 spiro atoms. The first-order chi connectivity index (χ1) is 9.86. The predicted octanol–water partition coefficient (Wildman–Crippen LogP) is 4.55. The molecule has 1 aliphatic rings. The van der Waals surface area contributed by atoms with Crippen LogP contribution in [-0.4, -0.2) is 16.9 Å². The summed E-state index contributed by atoms with van der Waals surface area (Å²) in [4.78, 5) is 16.2. The molecule has 4 heteroatoms. The van der Waals surface area contributed by atoms with Crippen molar-refractivity contribution in [3.63, 3.8) is 0 Å². The molecule has 0 aromatic carbocycles. The molecule has 0 unspecified atom stereocenters. The highest BCUT2D eigenvalue weighted by molar-refractivity contribution is 7.07. The molecule has 1 aromatic rings. The molecule has 0 aliphatic heterocycles. The molecule has 0 bridgehead atoms. The Hall–Kier alpha value is -0.900. The molecule has 3 nitrogen and oxygen atoms in total. The Bertz CT molecular complexity index is 366. The molecule has 112 valence electrons. The summed E-state index contributed by atoms with van der Waals surface area (Å²) >= 11 is 1.48. The average Bonchev–Trinajstić information content (AvgIpc) is 2.96. The van der Waals surface area contributed by atoms with Gasteiger partial charge in [-0.3, -0.25) is 4.79 Å².